The number of aromatic amines is 1. The zero-order valence-electron chi connectivity index (χ0n) is 14.9. The molecule has 0 atom stereocenters. The highest BCUT2D eigenvalue weighted by atomic mass is 16.5. The van der Waals surface area contributed by atoms with Gasteiger partial charge in [-0.25, -0.2) is 4.79 Å². The number of H-pyrrole nitrogens is 1. The number of methoxy groups -OCH3 is 3. The molecule has 7 heteroatoms. The van der Waals surface area contributed by atoms with E-state index < -0.39 is 5.97 Å². The first kappa shape index (κ1) is 18.4. The maximum Gasteiger partial charge on any atom is 0.339 e. The minimum absolute atomic E-state index is 0.238. The fourth-order valence-electron chi connectivity index (χ4n) is 2.61. The quantitative estimate of drug-likeness (QED) is 0.612. The summed E-state index contributed by atoms with van der Waals surface area (Å²) < 4.78 is 20.8. The molecule has 2 aromatic rings. The number of carbonyl (C=O) groups is 2. The molecule has 2 rings (SSSR count). The Morgan fingerprint density at radius 3 is 2.16 bits per heavy atom. The monoisotopic (exact) mass is 347 g/mol. The number of benzene rings is 1. The number of nitrogens with one attached hydrogen (secondary N) is 1. The van der Waals surface area contributed by atoms with Gasteiger partial charge in [-0.2, -0.15) is 0 Å². The molecule has 25 heavy (non-hydrogen) atoms. The minimum atomic E-state index is -0.488. The number of hydrogen-bond donors (Lipinski definition) is 1. The van der Waals surface area contributed by atoms with Gasteiger partial charge in [0, 0.05) is 5.69 Å². The van der Waals surface area contributed by atoms with Gasteiger partial charge in [-0.3, -0.25) is 4.79 Å². The van der Waals surface area contributed by atoms with Crippen molar-refractivity contribution < 1.29 is 28.5 Å². The first-order chi connectivity index (χ1) is 11.9. The van der Waals surface area contributed by atoms with Gasteiger partial charge in [-0.1, -0.05) is 6.07 Å². The van der Waals surface area contributed by atoms with E-state index in [1.807, 2.05) is 0 Å². The number of ether oxygens (including phenoxy) is 4. The zero-order chi connectivity index (χ0) is 18.6. The van der Waals surface area contributed by atoms with E-state index in [9.17, 15) is 9.59 Å². The number of Topliss-reactive ketones (excluding diaryl/α,β-unsaturated/α-hetero) is 1. The van der Waals surface area contributed by atoms with Crippen LogP contribution in [0.1, 0.15) is 32.1 Å². The van der Waals surface area contributed by atoms with Crippen molar-refractivity contribution in [3.05, 3.63) is 40.7 Å². The molecule has 134 valence electrons. The molecule has 1 aromatic heterocycles. The Kier molecular flexibility index (Phi) is 5.69. The van der Waals surface area contributed by atoms with Gasteiger partial charge in [0.05, 0.1) is 32.6 Å². The summed E-state index contributed by atoms with van der Waals surface area (Å²) in [6.45, 7) is 3.16. The van der Waals surface area contributed by atoms with Gasteiger partial charge in [-0.15, -0.1) is 0 Å². The number of ketones is 1. The van der Waals surface area contributed by atoms with Crippen LogP contribution in [0, 0.1) is 13.8 Å². The molecule has 0 saturated carbocycles. The molecule has 0 bridgehead atoms. The Labute approximate surface area is 145 Å². The van der Waals surface area contributed by atoms with Crippen molar-refractivity contribution in [3.8, 4) is 17.2 Å². The van der Waals surface area contributed by atoms with Crippen molar-refractivity contribution in [2.45, 2.75) is 13.8 Å². The lowest BCUT2D eigenvalue weighted by atomic mass is 10.1. The van der Waals surface area contributed by atoms with E-state index in [4.69, 9.17) is 18.9 Å². The highest BCUT2D eigenvalue weighted by molar-refractivity contribution is 6.02. The molecule has 0 fully saturated rings. The fourth-order valence-corrected chi connectivity index (χ4v) is 2.61. The zero-order valence-corrected chi connectivity index (χ0v) is 14.9. The van der Waals surface area contributed by atoms with Crippen molar-refractivity contribution in [3.63, 3.8) is 0 Å². The largest absolute Gasteiger partial charge is 0.493 e. The Bertz CT molecular complexity index is 771. The van der Waals surface area contributed by atoms with Crippen molar-refractivity contribution in [2.75, 3.05) is 27.9 Å². The van der Waals surface area contributed by atoms with Crippen LogP contribution >= 0.6 is 0 Å². The van der Waals surface area contributed by atoms with E-state index in [1.165, 1.54) is 21.3 Å². The molecule has 0 unspecified atom stereocenters. The number of hydrogen-bond acceptors (Lipinski definition) is 6. The van der Waals surface area contributed by atoms with E-state index in [1.54, 1.807) is 32.0 Å². The third-order valence-electron chi connectivity index (χ3n) is 3.84. The van der Waals surface area contributed by atoms with Crippen molar-refractivity contribution in [1.29, 1.82) is 0 Å². The van der Waals surface area contributed by atoms with E-state index >= 15 is 0 Å². The maximum absolute atomic E-state index is 12.5. The number of rotatable bonds is 7. The Hall–Kier alpha value is -2.96. The predicted molar refractivity (Wildman–Crippen MR) is 91.0 cm³/mol. The van der Waals surface area contributed by atoms with Gasteiger partial charge in [0.25, 0.3) is 0 Å². The molecule has 0 saturated heterocycles. The average Bonchev–Trinajstić information content (AvgIpc) is 2.92. The predicted octanol–water partition coefficient (Wildman–Crippen LogP) is 2.70. The second kappa shape index (κ2) is 7.74. The van der Waals surface area contributed by atoms with Crippen molar-refractivity contribution >= 4 is 11.8 Å². The summed E-state index contributed by atoms with van der Waals surface area (Å²) in [5.74, 6) is 0.472. The van der Waals surface area contributed by atoms with Crippen LogP contribution in [0.5, 0.6) is 17.2 Å². The summed E-state index contributed by atoms with van der Waals surface area (Å²) in [5, 5.41) is 0. The van der Waals surface area contributed by atoms with Gasteiger partial charge in [0.1, 0.15) is 0 Å². The standard InChI is InChI=1S/C18H21NO6/c1-10-15(18(21)24-5)11(2)19-16(10)12(20)9-25-17-13(22-3)7-6-8-14(17)23-4/h6-8,19H,9H2,1-5H3. The molecule has 0 aliphatic carbocycles. The lowest BCUT2D eigenvalue weighted by molar-refractivity contribution is 0.0599. The SMILES string of the molecule is COC(=O)c1c(C)[nH]c(C(=O)COc2c(OC)cccc2OC)c1C. The number of aryl methyl sites for hydroxylation is 1. The summed E-state index contributed by atoms with van der Waals surface area (Å²) in [4.78, 5) is 27.3. The Morgan fingerprint density at radius 2 is 1.64 bits per heavy atom. The smallest absolute Gasteiger partial charge is 0.339 e. The van der Waals surface area contributed by atoms with Crippen LogP contribution in [-0.2, 0) is 4.74 Å². The molecule has 1 heterocycles. The molecule has 0 aliphatic heterocycles. The number of aromatic nitrogens is 1. The molecule has 0 spiro atoms. The fraction of sp³-hybridized carbons (Fsp3) is 0.333. The van der Waals surface area contributed by atoms with Gasteiger partial charge in [0.2, 0.25) is 11.5 Å². The molecule has 1 aromatic carbocycles. The number of esters is 1. The number of para-hydroxylation sites is 1. The Balaban J connectivity index is 2.24. The third kappa shape index (κ3) is 3.60. The van der Waals surface area contributed by atoms with E-state index in [2.05, 4.69) is 4.98 Å². The lowest BCUT2D eigenvalue weighted by Crippen LogP contribution is -2.14. The second-order valence-electron chi connectivity index (χ2n) is 5.32. The second-order valence-corrected chi connectivity index (χ2v) is 5.32. The van der Waals surface area contributed by atoms with Crippen molar-refractivity contribution in [1.82, 2.24) is 4.98 Å². The van der Waals surface area contributed by atoms with Gasteiger partial charge >= 0.3 is 5.97 Å². The van der Waals surface area contributed by atoms with Crippen LogP contribution in [-0.4, -0.2) is 44.7 Å². The van der Waals surface area contributed by atoms with Crippen LogP contribution in [0.15, 0.2) is 18.2 Å². The summed E-state index contributed by atoms with van der Waals surface area (Å²) in [7, 11) is 4.31. The van der Waals surface area contributed by atoms with E-state index in [0.717, 1.165) is 0 Å². The summed E-state index contributed by atoms with van der Waals surface area (Å²) in [6.07, 6.45) is 0. The number of carbonyl (C=O) groups excluding carboxylic acids is 2. The first-order valence-corrected chi connectivity index (χ1v) is 7.59. The highest BCUT2D eigenvalue weighted by Crippen LogP contribution is 2.36. The molecular weight excluding hydrogens is 326 g/mol. The van der Waals surface area contributed by atoms with Gasteiger partial charge < -0.3 is 23.9 Å². The average molecular weight is 347 g/mol. The maximum atomic E-state index is 12.5. The molecule has 7 nitrogen and oxygen atoms in total. The van der Waals surface area contributed by atoms with Gasteiger partial charge in [-0.05, 0) is 31.5 Å². The lowest BCUT2D eigenvalue weighted by Gasteiger charge is -2.13. The summed E-state index contributed by atoms with van der Waals surface area (Å²) >= 11 is 0. The van der Waals surface area contributed by atoms with Gasteiger partial charge in [0.15, 0.2) is 18.1 Å². The van der Waals surface area contributed by atoms with Crippen LogP contribution in [0.4, 0.5) is 0 Å². The molecular formula is C18H21NO6. The van der Waals surface area contributed by atoms with Crippen LogP contribution in [0.25, 0.3) is 0 Å². The minimum Gasteiger partial charge on any atom is -0.493 e. The van der Waals surface area contributed by atoms with Crippen LogP contribution < -0.4 is 14.2 Å². The first-order valence-electron chi connectivity index (χ1n) is 7.59. The highest BCUT2D eigenvalue weighted by Gasteiger charge is 2.23. The van der Waals surface area contributed by atoms with Crippen molar-refractivity contribution in [2.24, 2.45) is 0 Å². The molecule has 0 amide bonds. The summed E-state index contributed by atoms with van der Waals surface area (Å²) in [6, 6.07) is 5.18. The third-order valence-corrected chi connectivity index (χ3v) is 3.84. The van der Waals surface area contributed by atoms with E-state index in [-0.39, 0.29) is 12.4 Å². The molecule has 0 radical (unpaired) electrons. The van der Waals surface area contributed by atoms with Crippen LogP contribution in [0.2, 0.25) is 0 Å². The normalized spacial score (nSPS) is 10.3. The molecule has 1 N–H and O–H groups in total. The molecule has 0 aliphatic rings. The Morgan fingerprint density at radius 1 is 1.04 bits per heavy atom. The van der Waals surface area contributed by atoms with E-state index in [0.29, 0.717) is 39.8 Å². The van der Waals surface area contributed by atoms with Crippen LogP contribution in [0.3, 0.4) is 0 Å². The topological polar surface area (TPSA) is 86.9 Å². The summed E-state index contributed by atoms with van der Waals surface area (Å²) in [5.41, 5.74) is 1.78.